The molecule has 0 atom stereocenters. The number of aryl methyl sites for hydroxylation is 1. The van der Waals surface area contributed by atoms with Gasteiger partial charge in [-0.15, -0.1) is 0 Å². The Kier molecular flexibility index (Phi) is 6.50. The van der Waals surface area contributed by atoms with E-state index in [0.717, 1.165) is 28.8 Å². The summed E-state index contributed by atoms with van der Waals surface area (Å²) in [5, 5.41) is 7.52. The Balaban J connectivity index is 1.56. The number of morpholine rings is 1. The van der Waals surface area contributed by atoms with Gasteiger partial charge in [0.2, 0.25) is 17.8 Å². The number of ether oxygens (including phenoxy) is 1. The van der Waals surface area contributed by atoms with Crippen LogP contribution in [0.1, 0.15) is 11.1 Å². The molecule has 0 saturated carbocycles. The van der Waals surface area contributed by atoms with Gasteiger partial charge >= 0.3 is 0 Å². The number of hydrogen-bond donors (Lipinski definition) is 2. The smallest absolute Gasteiger partial charge is 0.250 e. The zero-order valence-electron chi connectivity index (χ0n) is 16.5. The van der Waals surface area contributed by atoms with Gasteiger partial charge in [0.15, 0.2) is 0 Å². The van der Waals surface area contributed by atoms with Crippen LogP contribution in [0, 0.1) is 6.92 Å². The number of nitrogens with one attached hydrogen (secondary N) is 2. The average Bonchev–Trinajstić information content (AvgIpc) is 2.76. The van der Waals surface area contributed by atoms with Crippen molar-refractivity contribution in [1.82, 2.24) is 15.0 Å². The van der Waals surface area contributed by atoms with Crippen LogP contribution in [-0.2, 0) is 4.74 Å². The molecule has 0 radical (unpaired) electrons. The standard InChI is InChI=1S/C21H22BrN7O/c1-15-5-7-16(8-6-15)14-23-28-20-25-19(24-18-4-2-3-17(22)13-18)26-21(27-20)29-9-11-30-12-10-29/h2-8,13-14H,9-12H2,1H3,(H2,24,25,26,27,28)/b23-14-. The number of anilines is 4. The number of aromatic nitrogens is 3. The van der Waals surface area contributed by atoms with Crippen molar-refractivity contribution in [2.75, 3.05) is 41.9 Å². The summed E-state index contributed by atoms with van der Waals surface area (Å²) in [6.45, 7) is 4.80. The summed E-state index contributed by atoms with van der Waals surface area (Å²) in [7, 11) is 0. The van der Waals surface area contributed by atoms with Gasteiger partial charge in [0.1, 0.15) is 0 Å². The second-order valence-corrected chi connectivity index (χ2v) is 7.71. The highest BCUT2D eigenvalue weighted by Gasteiger charge is 2.16. The Hall–Kier alpha value is -3.04. The highest BCUT2D eigenvalue weighted by Crippen LogP contribution is 2.21. The fourth-order valence-corrected chi connectivity index (χ4v) is 3.29. The molecule has 2 aromatic carbocycles. The van der Waals surface area contributed by atoms with Crippen molar-refractivity contribution in [3.63, 3.8) is 0 Å². The SMILES string of the molecule is Cc1ccc(/C=N\Nc2nc(Nc3cccc(Br)c3)nc(N3CCOCC3)n2)cc1. The monoisotopic (exact) mass is 467 g/mol. The van der Waals surface area contributed by atoms with Crippen molar-refractivity contribution in [1.29, 1.82) is 0 Å². The summed E-state index contributed by atoms with van der Waals surface area (Å²) in [6, 6.07) is 15.9. The minimum atomic E-state index is 0.368. The Morgan fingerprint density at radius 2 is 1.80 bits per heavy atom. The molecule has 1 aromatic heterocycles. The molecule has 0 aliphatic carbocycles. The molecule has 0 bridgehead atoms. The van der Waals surface area contributed by atoms with Crippen molar-refractivity contribution >= 4 is 45.7 Å². The molecule has 1 aliphatic rings. The van der Waals surface area contributed by atoms with E-state index in [1.54, 1.807) is 6.21 Å². The lowest BCUT2D eigenvalue weighted by Gasteiger charge is -2.27. The molecule has 0 amide bonds. The molecule has 0 spiro atoms. The van der Waals surface area contributed by atoms with Gasteiger partial charge in [-0.1, -0.05) is 51.8 Å². The number of halogens is 1. The van der Waals surface area contributed by atoms with Crippen molar-refractivity contribution in [3.05, 3.63) is 64.1 Å². The number of hydrazone groups is 1. The fraction of sp³-hybridized carbons (Fsp3) is 0.238. The normalized spacial score (nSPS) is 14.1. The average molecular weight is 468 g/mol. The van der Waals surface area contributed by atoms with E-state index in [1.807, 2.05) is 48.5 Å². The molecule has 1 fully saturated rings. The number of rotatable bonds is 6. The van der Waals surface area contributed by atoms with Gasteiger partial charge in [0.05, 0.1) is 19.4 Å². The number of nitrogens with zero attached hydrogens (tertiary/aromatic N) is 5. The first-order valence-corrected chi connectivity index (χ1v) is 10.4. The Morgan fingerprint density at radius 1 is 1.03 bits per heavy atom. The molecule has 8 nitrogen and oxygen atoms in total. The zero-order chi connectivity index (χ0) is 20.8. The van der Waals surface area contributed by atoms with Crippen LogP contribution in [0.4, 0.5) is 23.5 Å². The molecule has 154 valence electrons. The van der Waals surface area contributed by atoms with E-state index in [9.17, 15) is 0 Å². The van der Waals surface area contributed by atoms with Crippen LogP contribution >= 0.6 is 15.9 Å². The summed E-state index contributed by atoms with van der Waals surface area (Å²) >= 11 is 3.48. The van der Waals surface area contributed by atoms with E-state index in [1.165, 1.54) is 5.56 Å². The summed E-state index contributed by atoms with van der Waals surface area (Å²) in [6.07, 6.45) is 1.74. The van der Waals surface area contributed by atoms with E-state index < -0.39 is 0 Å². The molecule has 2 N–H and O–H groups in total. The van der Waals surface area contributed by atoms with E-state index in [2.05, 4.69) is 58.5 Å². The predicted octanol–water partition coefficient (Wildman–Crippen LogP) is 3.97. The predicted molar refractivity (Wildman–Crippen MR) is 123 cm³/mol. The third kappa shape index (κ3) is 5.52. The molecule has 0 unspecified atom stereocenters. The van der Waals surface area contributed by atoms with Gasteiger partial charge in [-0.3, -0.25) is 0 Å². The number of hydrogen-bond acceptors (Lipinski definition) is 8. The molecule has 2 heterocycles. The summed E-state index contributed by atoms with van der Waals surface area (Å²) in [5.41, 5.74) is 5.99. The molecular weight excluding hydrogens is 446 g/mol. The topological polar surface area (TPSA) is 87.6 Å². The number of benzene rings is 2. The molecular formula is C21H22BrN7O. The maximum Gasteiger partial charge on any atom is 0.250 e. The summed E-state index contributed by atoms with van der Waals surface area (Å²) < 4.78 is 6.41. The highest BCUT2D eigenvalue weighted by molar-refractivity contribution is 9.10. The van der Waals surface area contributed by atoms with Gasteiger partial charge in [-0.25, -0.2) is 5.43 Å². The van der Waals surface area contributed by atoms with E-state index >= 15 is 0 Å². The summed E-state index contributed by atoms with van der Waals surface area (Å²) in [4.78, 5) is 15.7. The second kappa shape index (κ2) is 9.64. The van der Waals surface area contributed by atoms with Gasteiger partial charge < -0.3 is 15.0 Å². The molecule has 1 saturated heterocycles. The molecule has 3 aromatic rings. The Labute approximate surface area is 183 Å². The minimum Gasteiger partial charge on any atom is -0.378 e. The Morgan fingerprint density at radius 3 is 2.57 bits per heavy atom. The van der Waals surface area contributed by atoms with Crippen LogP contribution in [0.3, 0.4) is 0 Å². The lowest BCUT2D eigenvalue weighted by molar-refractivity contribution is 0.122. The first-order chi connectivity index (χ1) is 14.7. The van der Waals surface area contributed by atoms with Crippen LogP contribution in [-0.4, -0.2) is 47.5 Å². The molecule has 4 rings (SSSR count). The van der Waals surface area contributed by atoms with E-state index in [4.69, 9.17) is 4.74 Å². The first kappa shape index (κ1) is 20.2. The third-order valence-electron chi connectivity index (χ3n) is 4.45. The maximum absolute atomic E-state index is 5.44. The first-order valence-electron chi connectivity index (χ1n) is 9.63. The lowest BCUT2D eigenvalue weighted by atomic mass is 10.2. The van der Waals surface area contributed by atoms with Gasteiger partial charge in [-0.05, 0) is 30.7 Å². The van der Waals surface area contributed by atoms with Crippen LogP contribution in [0.25, 0.3) is 0 Å². The van der Waals surface area contributed by atoms with Crippen molar-refractivity contribution in [2.45, 2.75) is 6.92 Å². The Bertz CT molecular complexity index is 1020. The second-order valence-electron chi connectivity index (χ2n) is 6.80. The maximum atomic E-state index is 5.44. The van der Waals surface area contributed by atoms with Gasteiger partial charge in [0, 0.05) is 23.2 Å². The van der Waals surface area contributed by atoms with E-state index in [0.29, 0.717) is 31.1 Å². The lowest BCUT2D eigenvalue weighted by Crippen LogP contribution is -2.37. The van der Waals surface area contributed by atoms with Crippen molar-refractivity contribution < 1.29 is 4.74 Å². The van der Waals surface area contributed by atoms with Crippen LogP contribution in [0.15, 0.2) is 58.1 Å². The van der Waals surface area contributed by atoms with Crippen LogP contribution in [0.5, 0.6) is 0 Å². The third-order valence-corrected chi connectivity index (χ3v) is 4.95. The fourth-order valence-electron chi connectivity index (χ4n) is 2.89. The highest BCUT2D eigenvalue weighted by atomic mass is 79.9. The minimum absolute atomic E-state index is 0.368. The van der Waals surface area contributed by atoms with Gasteiger partial charge in [-0.2, -0.15) is 20.1 Å². The van der Waals surface area contributed by atoms with Crippen molar-refractivity contribution in [3.8, 4) is 0 Å². The van der Waals surface area contributed by atoms with Gasteiger partial charge in [0.25, 0.3) is 0 Å². The largest absolute Gasteiger partial charge is 0.378 e. The summed E-state index contributed by atoms with van der Waals surface area (Å²) in [5.74, 6) is 1.39. The molecule has 9 heteroatoms. The quantitative estimate of drug-likeness (QED) is 0.418. The molecule has 30 heavy (non-hydrogen) atoms. The van der Waals surface area contributed by atoms with E-state index in [-0.39, 0.29) is 0 Å². The van der Waals surface area contributed by atoms with Crippen LogP contribution in [0.2, 0.25) is 0 Å². The zero-order valence-corrected chi connectivity index (χ0v) is 18.1. The van der Waals surface area contributed by atoms with Crippen LogP contribution < -0.4 is 15.6 Å². The van der Waals surface area contributed by atoms with Crippen molar-refractivity contribution in [2.24, 2.45) is 5.10 Å². The molecule has 1 aliphatic heterocycles.